The smallest absolute Gasteiger partial charge is 0.130 e. The first kappa shape index (κ1) is 14.3. The maximum absolute atomic E-state index is 11.2. The van der Waals surface area contributed by atoms with Crippen molar-refractivity contribution < 1.29 is 4.79 Å². The van der Waals surface area contributed by atoms with E-state index in [0.29, 0.717) is 12.3 Å². The van der Waals surface area contributed by atoms with E-state index in [2.05, 4.69) is 38.1 Å². The molecule has 2 rings (SSSR count). The number of carbonyl (C=O) groups excluding carboxylic acids is 1. The normalized spacial score (nSPS) is 25.0. The summed E-state index contributed by atoms with van der Waals surface area (Å²) in [4.78, 5) is 11.2. The Kier molecular flexibility index (Phi) is 4.79. The summed E-state index contributed by atoms with van der Waals surface area (Å²) in [6, 6.07) is 9.03. The fraction of sp³-hybridized carbons (Fsp3) is 0.611. The van der Waals surface area contributed by atoms with Gasteiger partial charge in [-0.3, -0.25) is 0 Å². The first-order valence-corrected chi connectivity index (χ1v) is 7.67. The lowest BCUT2D eigenvalue weighted by molar-refractivity contribution is -0.117. The lowest BCUT2D eigenvalue weighted by Gasteiger charge is -2.29. The minimum absolute atomic E-state index is 0.275. The summed E-state index contributed by atoms with van der Waals surface area (Å²) in [5, 5.41) is 0. The SMILES string of the molecule is CC(=O)CC(C)c1ccc(C2CCCCC2C)cc1. The zero-order chi connectivity index (χ0) is 13.8. The number of ketones is 1. The van der Waals surface area contributed by atoms with Crippen molar-refractivity contribution in [3.8, 4) is 0 Å². The molecule has 0 bridgehead atoms. The molecule has 1 aromatic carbocycles. The van der Waals surface area contributed by atoms with Crippen LogP contribution in [0.1, 0.15) is 75.8 Å². The first-order chi connectivity index (χ1) is 9.08. The van der Waals surface area contributed by atoms with Crippen LogP contribution >= 0.6 is 0 Å². The van der Waals surface area contributed by atoms with Crippen molar-refractivity contribution >= 4 is 5.78 Å². The zero-order valence-electron chi connectivity index (χ0n) is 12.5. The van der Waals surface area contributed by atoms with E-state index in [1.807, 2.05) is 0 Å². The summed E-state index contributed by atoms with van der Waals surface area (Å²) in [6.45, 7) is 6.20. The molecule has 104 valence electrons. The molecule has 1 heteroatoms. The molecule has 0 radical (unpaired) electrons. The molecule has 1 aliphatic carbocycles. The molecule has 3 atom stereocenters. The van der Waals surface area contributed by atoms with Gasteiger partial charge in [0.15, 0.2) is 0 Å². The third-order valence-corrected chi connectivity index (χ3v) is 4.64. The molecule has 1 saturated carbocycles. The Morgan fingerprint density at radius 1 is 1.21 bits per heavy atom. The Morgan fingerprint density at radius 2 is 1.84 bits per heavy atom. The van der Waals surface area contributed by atoms with Crippen LogP contribution in [0.5, 0.6) is 0 Å². The van der Waals surface area contributed by atoms with Crippen molar-refractivity contribution in [2.45, 2.75) is 64.7 Å². The third kappa shape index (κ3) is 3.68. The van der Waals surface area contributed by atoms with E-state index >= 15 is 0 Å². The number of carbonyl (C=O) groups is 1. The summed E-state index contributed by atoms with van der Waals surface area (Å²) < 4.78 is 0. The number of hydrogen-bond acceptors (Lipinski definition) is 1. The van der Waals surface area contributed by atoms with Gasteiger partial charge in [0.25, 0.3) is 0 Å². The molecule has 3 unspecified atom stereocenters. The Morgan fingerprint density at radius 3 is 2.42 bits per heavy atom. The van der Waals surface area contributed by atoms with Gasteiger partial charge in [-0.25, -0.2) is 0 Å². The summed E-state index contributed by atoms with van der Waals surface area (Å²) in [5.74, 6) is 2.17. The number of benzene rings is 1. The van der Waals surface area contributed by atoms with Crippen molar-refractivity contribution in [2.75, 3.05) is 0 Å². The van der Waals surface area contributed by atoms with Crippen LogP contribution in [0.4, 0.5) is 0 Å². The Labute approximate surface area is 117 Å². The zero-order valence-corrected chi connectivity index (χ0v) is 12.5. The highest BCUT2D eigenvalue weighted by atomic mass is 16.1. The van der Waals surface area contributed by atoms with Crippen molar-refractivity contribution in [3.05, 3.63) is 35.4 Å². The van der Waals surface area contributed by atoms with Crippen LogP contribution in [-0.2, 0) is 4.79 Å². The second-order valence-electron chi connectivity index (χ2n) is 6.34. The predicted molar refractivity (Wildman–Crippen MR) is 80.5 cm³/mol. The quantitative estimate of drug-likeness (QED) is 0.737. The second kappa shape index (κ2) is 6.36. The van der Waals surface area contributed by atoms with E-state index in [9.17, 15) is 4.79 Å². The second-order valence-corrected chi connectivity index (χ2v) is 6.34. The van der Waals surface area contributed by atoms with Gasteiger partial charge in [0, 0.05) is 6.42 Å². The molecule has 0 heterocycles. The molecule has 19 heavy (non-hydrogen) atoms. The van der Waals surface area contributed by atoms with Gasteiger partial charge < -0.3 is 4.79 Å². The average molecular weight is 258 g/mol. The molecular formula is C18H26O. The van der Waals surface area contributed by atoms with Crippen LogP contribution in [0.2, 0.25) is 0 Å². The summed E-state index contributed by atoms with van der Waals surface area (Å²) in [7, 11) is 0. The average Bonchev–Trinajstić information content (AvgIpc) is 2.39. The van der Waals surface area contributed by atoms with Gasteiger partial charge in [0.2, 0.25) is 0 Å². The Balaban J connectivity index is 2.07. The molecule has 0 N–H and O–H groups in total. The summed E-state index contributed by atoms with van der Waals surface area (Å²) in [6.07, 6.45) is 6.12. The molecule has 1 aliphatic rings. The van der Waals surface area contributed by atoms with E-state index in [1.165, 1.54) is 36.8 Å². The minimum atomic E-state index is 0.275. The third-order valence-electron chi connectivity index (χ3n) is 4.64. The fourth-order valence-electron chi connectivity index (χ4n) is 3.43. The van der Waals surface area contributed by atoms with E-state index in [-0.39, 0.29) is 5.78 Å². The van der Waals surface area contributed by atoms with Crippen LogP contribution in [-0.4, -0.2) is 5.78 Å². The number of Topliss-reactive ketones (excluding diaryl/α,β-unsaturated/α-hetero) is 1. The highest BCUT2D eigenvalue weighted by Gasteiger charge is 2.22. The van der Waals surface area contributed by atoms with Crippen LogP contribution in [0.25, 0.3) is 0 Å². The van der Waals surface area contributed by atoms with Crippen LogP contribution in [0, 0.1) is 5.92 Å². The van der Waals surface area contributed by atoms with Gasteiger partial charge in [0.1, 0.15) is 5.78 Å². The van der Waals surface area contributed by atoms with Crippen molar-refractivity contribution in [1.29, 1.82) is 0 Å². The highest BCUT2D eigenvalue weighted by Crippen LogP contribution is 2.37. The first-order valence-electron chi connectivity index (χ1n) is 7.67. The van der Waals surface area contributed by atoms with Crippen molar-refractivity contribution in [2.24, 2.45) is 5.92 Å². The van der Waals surface area contributed by atoms with Crippen LogP contribution < -0.4 is 0 Å². The van der Waals surface area contributed by atoms with E-state index in [1.54, 1.807) is 6.92 Å². The van der Waals surface area contributed by atoms with E-state index in [4.69, 9.17) is 0 Å². The van der Waals surface area contributed by atoms with Gasteiger partial charge >= 0.3 is 0 Å². The molecule has 0 amide bonds. The predicted octanol–water partition coefficient (Wildman–Crippen LogP) is 5.06. The molecule has 1 nitrogen and oxygen atoms in total. The number of rotatable bonds is 4. The largest absolute Gasteiger partial charge is 0.300 e. The van der Waals surface area contributed by atoms with Crippen molar-refractivity contribution in [1.82, 2.24) is 0 Å². The van der Waals surface area contributed by atoms with Crippen LogP contribution in [0.3, 0.4) is 0 Å². The van der Waals surface area contributed by atoms with Gasteiger partial charge in [-0.1, -0.05) is 57.4 Å². The molecule has 0 spiro atoms. The van der Waals surface area contributed by atoms with Gasteiger partial charge in [-0.15, -0.1) is 0 Å². The minimum Gasteiger partial charge on any atom is -0.300 e. The molecule has 0 aliphatic heterocycles. The maximum atomic E-state index is 11.2. The van der Waals surface area contributed by atoms with E-state index in [0.717, 1.165) is 11.8 Å². The fourth-order valence-corrected chi connectivity index (χ4v) is 3.43. The summed E-state index contributed by atoms with van der Waals surface area (Å²) >= 11 is 0. The number of hydrogen-bond donors (Lipinski definition) is 0. The van der Waals surface area contributed by atoms with Crippen molar-refractivity contribution in [3.63, 3.8) is 0 Å². The van der Waals surface area contributed by atoms with Crippen LogP contribution in [0.15, 0.2) is 24.3 Å². The maximum Gasteiger partial charge on any atom is 0.130 e. The topological polar surface area (TPSA) is 17.1 Å². The monoisotopic (exact) mass is 258 g/mol. The Hall–Kier alpha value is -1.11. The van der Waals surface area contributed by atoms with E-state index < -0.39 is 0 Å². The summed E-state index contributed by atoms with van der Waals surface area (Å²) in [5.41, 5.74) is 2.79. The molecule has 0 aromatic heterocycles. The van der Waals surface area contributed by atoms with Gasteiger partial charge in [-0.2, -0.15) is 0 Å². The van der Waals surface area contributed by atoms with Gasteiger partial charge in [-0.05, 0) is 42.2 Å². The van der Waals surface area contributed by atoms with Gasteiger partial charge in [0.05, 0.1) is 0 Å². The molecule has 1 aromatic rings. The highest BCUT2D eigenvalue weighted by molar-refractivity contribution is 5.76. The molecule has 0 saturated heterocycles. The standard InChI is InChI=1S/C18H26O/c1-13-6-4-5-7-18(13)17-10-8-16(9-11-17)14(2)12-15(3)19/h8-11,13-14,18H,4-7,12H2,1-3H3. The molecule has 1 fully saturated rings. The lowest BCUT2D eigenvalue weighted by Crippen LogP contribution is -2.14. The molecular weight excluding hydrogens is 232 g/mol. The Bertz CT molecular complexity index is 418. The lowest BCUT2D eigenvalue weighted by atomic mass is 9.76.